The third kappa shape index (κ3) is 3.57. The van der Waals surface area contributed by atoms with Gasteiger partial charge in [0.1, 0.15) is 5.70 Å². The minimum absolute atomic E-state index is 0.0233. The summed E-state index contributed by atoms with van der Waals surface area (Å²) in [5.74, 6) is -3.22. The Bertz CT molecular complexity index is 1190. The number of halogens is 3. The standard InChI is InChI=1S/C23H15ClF2N2O2/c1-13-2-4-14(5-3-13)20-21(27-16-8-11-18(25)19(26)12-16)23(30)28(22(20)29)17-9-6-15(24)7-10-17/h2-12,27H,1H3. The number of aryl methyl sites for hydroxylation is 1. The van der Waals surface area contributed by atoms with Crippen LogP contribution >= 0.6 is 11.6 Å². The van der Waals surface area contributed by atoms with Gasteiger partial charge in [0.25, 0.3) is 11.8 Å². The normalized spacial score (nSPS) is 13.9. The molecule has 0 aromatic heterocycles. The van der Waals surface area contributed by atoms with E-state index in [2.05, 4.69) is 5.32 Å². The lowest BCUT2D eigenvalue weighted by atomic mass is 10.0. The average molecular weight is 425 g/mol. The lowest BCUT2D eigenvalue weighted by Crippen LogP contribution is -2.32. The zero-order chi connectivity index (χ0) is 21.4. The van der Waals surface area contributed by atoms with Crippen molar-refractivity contribution < 1.29 is 18.4 Å². The zero-order valence-corrected chi connectivity index (χ0v) is 16.5. The molecule has 150 valence electrons. The van der Waals surface area contributed by atoms with Crippen molar-refractivity contribution in [2.75, 3.05) is 10.2 Å². The molecule has 0 aliphatic carbocycles. The van der Waals surface area contributed by atoms with Crippen molar-refractivity contribution in [1.82, 2.24) is 0 Å². The fourth-order valence-electron chi connectivity index (χ4n) is 3.18. The van der Waals surface area contributed by atoms with Gasteiger partial charge in [0, 0.05) is 16.8 Å². The molecule has 0 atom stereocenters. The molecule has 3 aromatic carbocycles. The molecule has 1 N–H and O–H groups in total. The van der Waals surface area contributed by atoms with Crippen LogP contribution in [-0.2, 0) is 9.59 Å². The van der Waals surface area contributed by atoms with Crippen LogP contribution in [0.5, 0.6) is 0 Å². The molecular formula is C23H15ClF2N2O2. The summed E-state index contributed by atoms with van der Waals surface area (Å²) in [5.41, 5.74) is 2.12. The van der Waals surface area contributed by atoms with Crippen molar-refractivity contribution in [3.8, 4) is 0 Å². The third-order valence-corrected chi connectivity index (χ3v) is 4.95. The third-order valence-electron chi connectivity index (χ3n) is 4.70. The molecule has 0 fully saturated rings. The second-order valence-electron chi connectivity index (χ2n) is 6.79. The van der Waals surface area contributed by atoms with Crippen molar-refractivity contribution >= 4 is 40.4 Å². The van der Waals surface area contributed by atoms with Crippen LogP contribution < -0.4 is 10.2 Å². The van der Waals surface area contributed by atoms with Gasteiger partial charge in [0.05, 0.1) is 11.3 Å². The smallest absolute Gasteiger partial charge is 0.282 e. The summed E-state index contributed by atoms with van der Waals surface area (Å²) in [7, 11) is 0. The molecule has 0 spiro atoms. The summed E-state index contributed by atoms with van der Waals surface area (Å²) in [5, 5.41) is 3.26. The van der Waals surface area contributed by atoms with Crippen LogP contribution in [0.1, 0.15) is 11.1 Å². The van der Waals surface area contributed by atoms with E-state index >= 15 is 0 Å². The van der Waals surface area contributed by atoms with E-state index in [1.807, 2.05) is 19.1 Å². The zero-order valence-electron chi connectivity index (χ0n) is 15.7. The number of anilines is 2. The van der Waals surface area contributed by atoms with Crippen LogP contribution in [0.3, 0.4) is 0 Å². The number of hydrogen-bond acceptors (Lipinski definition) is 3. The number of benzene rings is 3. The molecule has 3 aromatic rings. The van der Waals surface area contributed by atoms with Crippen LogP contribution in [-0.4, -0.2) is 11.8 Å². The van der Waals surface area contributed by atoms with Gasteiger partial charge in [-0.25, -0.2) is 13.7 Å². The number of nitrogens with one attached hydrogen (secondary N) is 1. The Morgan fingerprint density at radius 2 is 1.50 bits per heavy atom. The maximum atomic E-state index is 13.7. The Hall–Kier alpha value is -3.51. The number of carbonyl (C=O) groups excluding carboxylic acids is 2. The first-order valence-corrected chi connectivity index (χ1v) is 9.40. The second-order valence-corrected chi connectivity index (χ2v) is 7.23. The number of carbonyl (C=O) groups is 2. The minimum Gasteiger partial charge on any atom is -0.350 e. The van der Waals surface area contributed by atoms with Crippen molar-refractivity contribution in [1.29, 1.82) is 0 Å². The van der Waals surface area contributed by atoms with Crippen molar-refractivity contribution in [3.63, 3.8) is 0 Å². The fourth-order valence-corrected chi connectivity index (χ4v) is 3.30. The van der Waals surface area contributed by atoms with E-state index in [1.165, 1.54) is 6.07 Å². The van der Waals surface area contributed by atoms with Crippen molar-refractivity contribution in [3.05, 3.63) is 100 Å². The minimum atomic E-state index is -1.07. The Morgan fingerprint density at radius 1 is 0.833 bits per heavy atom. The molecule has 0 bridgehead atoms. The van der Waals surface area contributed by atoms with Crippen LogP contribution in [0.2, 0.25) is 5.02 Å². The molecule has 7 heteroatoms. The van der Waals surface area contributed by atoms with Gasteiger partial charge >= 0.3 is 0 Å². The van der Waals surface area contributed by atoms with E-state index in [-0.39, 0.29) is 17.0 Å². The van der Waals surface area contributed by atoms with Gasteiger partial charge in [-0.05, 0) is 48.9 Å². The van der Waals surface area contributed by atoms with Crippen LogP contribution in [0.4, 0.5) is 20.2 Å². The highest BCUT2D eigenvalue weighted by molar-refractivity contribution is 6.46. The molecule has 30 heavy (non-hydrogen) atoms. The van der Waals surface area contributed by atoms with E-state index in [9.17, 15) is 18.4 Å². The summed E-state index contributed by atoms with van der Waals surface area (Å²) in [6.07, 6.45) is 0. The highest BCUT2D eigenvalue weighted by Crippen LogP contribution is 2.34. The molecule has 2 amide bonds. The highest BCUT2D eigenvalue weighted by atomic mass is 35.5. The lowest BCUT2D eigenvalue weighted by Gasteiger charge is -2.15. The molecule has 1 aliphatic rings. The first kappa shape index (κ1) is 19.8. The average Bonchev–Trinajstić information content (AvgIpc) is 2.96. The van der Waals surface area contributed by atoms with Crippen LogP contribution in [0.15, 0.2) is 72.4 Å². The first-order chi connectivity index (χ1) is 14.3. The fraction of sp³-hybridized carbons (Fsp3) is 0.0435. The number of imide groups is 1. The van der Waals surface area contributed by atoms with Gasteiger partial charge in [-0.2, -0.15) is 0 Å². The van der Waals surface area contributed by atoms with Gasteiger partial charge in [0.2, 0.25) is 0 Å². The van der Waals surface area contributed by atoms with Crippen molar-refractivity contribution in [2.45, 2.75) is 6.92 Å². The quantitative estimate of drug-likeness (QED) is 0.576. The number of rotatable bonds is 4. The van der Waals surface area contributed by atoms with Gasteiger partial charge < -0.3 is 5.32 Å². The predicted molar refractivity (Wildman–Crippen MR) is 112 cm³/mol. The Balaban J connectivity index is 1.82. The largest absolute Gasteiger partial charge is 0.350 e. The van der Waals surface area contributed by atoms with Gasteiger partial charge in [-0.1, -0.05) is 41.4 Å². The second kappa shape index (κ2) is 7.72. The van der Waals surface area contributed by atoms with E-state index in [4.69, 9.17) is 11.6 Å². The molecule has 4 rings (SSSR count). The van der Waals surface area contributed by atoms with E-state index in [0.717, 1.165) is 22.6 Å². The van der Waals surface area contributed by atoms with E-state index in [0.29, 0.717) is 16.3 Å². The van der Waals surface area contributed by atoms with E-state index < -0.39 is 23.4 Å². The summed E-state index contributed by atoms with van der Waals surface area (Å²) < 4.78 is 27.0. The topological polar surface area (TPSA) is 49.4 Å². The van der Waals surface area contributed by atoms with E-state index in [1.54, 1.807) is 36.4 Å². The SMILES string of the molecule is Cc1ccc(C2=C(Nc3ccc(F)c(F)c3)C(=O)N(c3ccc(Cl)cc3)C2=O)cc1. The van der Waals surface area contributed by atoms with Crippen molar-refractivity contribution in [2.24, 2.45) is 0 Å². The maximum absolute atomic E-state index is 13.7. The number of hydrogen-bond donors (Lipinski definition) is 1. The number of amides is 2. The molecule has 1 heterocycles. The number of nitrogens with zero attached hydrogens (tertiary/aromatic N) is 1. The summed E-state index contributed by atoms with van der Waals surface area (Å²) >= 11 is 5.92. The summed E-state index contributed by atoms with van der Waals surface area (Å²) in [4.78, 5) is 27.5. The molecule has 1 aliphatic heterocycles. The van der Waals surface area contributed by atoms with Crippen LogP contribution in [0, 0.1) is 18.6 Å². The lowest BCUT2D eigenvalue weighted by molar-refractivity contribution is -0.120. The maximum Gasteiger partial charge on any atom is 0.282 e. The molecule has 4 nitrogen and oxygen atoms in total. The van der Waals surface area contributed by atoms with Crippen LogP contribution in [0.25, 0.3) is 5.57 Å². The van der Waals surface area contributed by atoms with Gasteiger partial charge in [0.15, 0.2) is 11.6 Å². The summed E-state index contributed by atoms with van der Waals surface area (Å²) in [6, 6.07) is 16.5. The predicted octanol–water partition coefficient (Wildman–Crippen LogP) is 5.32. The van der Waals surface area contributed by atoms with Gasteiger partial charge in [-0.3, -0.25) is 9.59 Å². The molecule has 0 radical (unpaired) electrons. The Labute approximate surface area is 176 Å². The van der Waals surface area contributed by atoms with Gasteiger partial charge in [-0.15, -0.1) is 0 Å². The Morgan fingerprint density at radius 3 is 2.13 bits per heavy atom. The highest BCUT2D eigenvalue weighted by Gasteiger charge is 2.40. The first-order valence-electron chi connectivity index (χ1n) is 9.03. The molecular weight excluding hydrogens is 410 g/mol. The molecule has 0 saturated heterocycles. The molecule has 0 unspecified atom stereocenters. The molecule has 0 saturated carbocycles. The Kier molecular flexibility index (Phi) is 5.10. The monoisotopic (exact) mass is 424 g/mol. The summed E-state index contributed by atoms with van der Waals surface area (Å²) in [6.45, 7) is 1.90.